The maximum absolute atomic E-state index is 14.0. The summed E-state index contributed by atoms with van der Waals surface area (Å²) in [6.07, 6.45) is 1.63. The van der Waals surface area contributed by atoms with Crippen molar-refractivity contribution in [2.75, 3.05) is 18.1 Å². The number of anilines is 1. The zero-order valence-corrected chi connectivity index (χ0v) is 23.1. The average Bonchev–Trinajstić information content (AvgIpc) is 3.25. The van der Waals surface area contributed by atoms with E-state index in [9.17, 15) is 24.8 Å². The van der Waals surface area contributed by atoms with Gasteiger partial charge in [0.05, 0.1) is 23.9 Å². The number of carbonyl (C=O) groups excluding carboxylic acids is 1. The van der Waals surface area contributed by atoms with Crippen molar-refractivity contribution in [2.24, 2.45) is 0 Å². The third-order valence-electron chi connectivity index (χ3n) is 6.86. The molecule has 0 spiro atoms. The lowest BCUT2D eigenvalue weighted by atomic mass is 9.98. The monoisotopic (exact) mass is 574 g/mol. The Balaban J connectivity index is 1.58. The highest BCUT2D eigenvalue weighted by molar-refractivity contribution is 6.36. The lowest BCUT2D eigenvalue weighted by molar-refractivity contribution is -0.140. The molecular weight excluding hydrogens is 548 g/mol. The molecule has 43 heavy (non-hydrogen) atoms. The van der Waals surface area contributed by atoms with Gasteiger partial charge in [-0.3, -0.25) is 4.79 Å². The minimum Gasteiger partial charge on any atom is -0.482 e. The fourth-order valence-corrected chi connectivity index (χ4v) is 4.73. The number of fused-ring (bicyclic) bond motifs is 1. The van der Waals surface area contributed by atoms with E-state index in [2.05, 4.69) is 6.07 Å². The molecule has 0 radical (unpaired) electrons. The molecule has 9 heteroatoms. The number of amides is 1. The Labute approximate surface area is 247 Å². The zero-order valence-electron chi connectivity index (χ0n) is 23.1. The van der Waals surface area contributed by atoms with Crippen LogP contribution < -0.4 is 14.4 Å². The van der Waals surface area contributed by atoms with Gasteiger partial charge in [0, 0.05) is 22.8 Å². The highest BCUT2D eigenvalue weighted by Gasteiger charge is 2.33. The van der Waals surface area contributed by atoms with Gasteiger partial charge in [0.1, 0.15) is 11.5 Å². The summed E-state index contributed by atoms with van der Waals surface area (Å²) < 4.78 is 10.7. The molecule has 4 aromatic rings. The summed E-state index contributed by atoms with van der Waals surface area (Å²) in [5.74, 6) is -2.34. The minimum atomic E-state index is -1.20. The van der Waals surface area contributed by atoms with E-state index >= 15 is 0 Å². The summed E-state index contributed by atoms with van der Waals surface area (Å²) in [6.45, 7) is 1.05. The molecule has 4 aromatic carbocycles. The van der Waals surface area contributed by atoms with Gasteiger partial charge in [-0.1, -0.05) is 54.1 Å². The van der Waals surface area contributed by atoms with Gasteiger partial charge in [0.15, 0.2) is 13.2 Å². The lowest BCUT2D eigenvalue weighted by Crippen LogP contribution is -2.25. The number of carbonyl (C=O) groups is 3. The summed E-state index contributed by atoms with van der Waals surface area (Å²) >= 11 is 0. The van der Waals surface area contributed by atoms with Crippen molar-refractivity contribution >= 4 is 35.2 Å². The van der Waals surface area contributed by atoms with Crippen molar-refractivity contribution in [2.45, 2.75) is 13.5 Å². The Bertz CT molecular complexity index is 1790. The molecular formula is C34H26N2O7. The lowest BCUT2D eigenvalue weighted by Gasteiger charge is -2.18. The van der Waals surface area contributed by atoms with Gasteiger partial charge in [-0.2, -0.15) is 5.26 Å². The molecule has 0 aromatic heterocycles. The largest absolute Gasteiger partial charge is 0.482 e. The summed E-state index contributed by atoms with van der Waals surface area (Å²) in [5.41, 5.74) is 6.60. The molecule has 1 aliphatic heterocycles. The van der Waals surface area contributed by atoms with Crippen LogP contribution in [0.3, 0.4) is 0 Å². The van der Waals surface area contributed by atoms with E-state index in [-0.39, 0.29) is 24.0 Å². The SMILES string of the molecule is Cc1ccc(-c2ccc3c(c2)N(Cc2ccc(C#N)cc2)C(=O)/C3=C/c2ccc(OCC(=O)O)cc2OCC(=O)O)cc1. The number of carboxylic acids is 2. The van der Waals surface area contributed by atoms with Gasteiger partial charge >= 0.3 is 11.9 Å². The van der Waals surface area contributed by atoms with Crippen molar-refractivity contribution < 1.29 is 34.1 Å². The topological polar surface area (TPSA) is 137 Å². The summed E-state index contributed by atoms with van der Waals surface area (Å²) in [4.78, 5) is 37.8. The molecule has 0 atom stereocenters. The number of rotatable bonds is 10. The Morgan fingerprint density at radius 2 is 1.53 bits per heavy atom. The van der Waals surface area contributed by atoms with E-state index in [0.29, 0.717) is 28.0 Å². The molecule has 0 aliphatic carbocycles. The molecule has 0 saturated carbocycles. The van der Waals surface area contributed by atoms with Crippen molar-refractivity contribution in [3.8, 4) is 28.7 Å². The molecule has 0 saturated heterocycles. The Kier molecular flexibility index (Phi) is 8.21. The van der Waals surface area contributed by atoms with Crippen LogP contribution in [0.4, 0.5) is 5.69 Å². The number of carboxylic acid groups (broad SMARTS) is 2. The first kappa shape index (κ1) is 28.6. The van der Waals surface area contributed by atoms with Crippen molar-refractivity contribution in [3.05, 3.63) is 113 Å². The van der Waals surface area contributed by atoms with E-state index in [4.69, 9.17) is 14.6 Å². The van der Waals surface area contributed by atoms with E-state index in [0.717, 1.165) is 22.3 Å². The van der Waals surface area contributed by atoms with Crippen LogP contribution in [-0.4, -0.2) is 41.3 Å². The Morgan fingerprint density at radius 1 is 0.860 bits per heavy atom. The molecule has 1 amide bonds. The van der Waals surface area contributed by atoms with Gasteiger partial charge in [-0.25, -0.2) is 9.59 Å². The number of nitrogens with zero attached hydrogens (tertiary/aromatic N) is 2. The van der Waals surface area contributed by atoms with E-state index in [1.807, 2.05) is 61.5 Å². The van der Waals surface area contributed by atoms with Gasteiger partial charge in [0.25, 0.3) is 5.91 Å². The predicted molar refractivity (Wildman–Crippen MR) is 160 cm³/mol. The van der Waals surface area contributed by atoms with Crippen LogP contribution >= 0.6 is 0 Å². The molecule has 9 nitrogen and oxygen atoms in total. The van der Waals surface area contributed by atoms with E-state index in [1.165, 1.54) is 12.1 Å². The summed E-state index contributed by atoms with van der Waals surface area (Å²) in [7, 11) is 0. The second-order valence-electron chi connectivity index (χ2n) is 9.92. The Morgan fingerprint density at radius 3 is 2.21 bits per heavy atom. The fraction of sp³-hybridized carbons (Fsp3) is 0.118. The molecule has 1 heterocycles. The third-order valence-corrected chi connectivity index (χ3v) is 6.86. The summed E-state index contributed by atoms with van der Waals surface area (Å²) in [6, 6.07) is 27.5. The van der Waals surface area contributed by atoms with Crippen LogP contribution in [0.2, 0.25) is 0 Å². The smallest absolute Gasteiger partial charge is 0.341 e. The number of benzene rings is 4. The second kappa shape index (κ2) is 12.3. The maximum atomic E-state index is 14.0. The van der Waals surface area contributed by atoms with Crippen LogP contribution in [0.5, 0.6) is 11.5 Å². The zero-order chi connectivity index (χ0) is 30.5. The fourth-order valence-electron chi connectivity index (χ4n) is 4.73. The van der Waals surface area contributed by atoms with Crippen LogP contribution in [0.15, 0.2) is 84.9 Å². The van der Waals surface area contributed by atoms with Crippen molar-refractivity contribution in [3.63, 3.8) is 0 Å². The maximum Gasteiger partial charge on any atom is 0.341 e. The number of aryl methyl sites for hydroxylation is 1. The molecule has 214 valence electrons. The van der Waals surface area contributed by atoms with Crippen LogP contribution in [-0.2, 0) is 20.9 Å². The third kappa shape index (κ3) is 6.55. The first-order chi connectivity index (χ1) is 20.7. The number of hydrogen-bond donors (Lipinski definition) is 2. The van der Waals surface area contributed by atoms with Crippen molar-refractivity contribution in [1.82, 2.24) is 0 Å². The molecule has 0 unspecified atom stereocenters. The predicted octanol–water partition coefficient (Wildman–Crippen LogP) is 5.55. The molecule has 0 bridgehead atoms. The van der Waals surface area contributed by atoms with E-state index in [1.54, 1.807) is 29.2 Å². The Hall–Kier alpha value is -5.88. The molecule has 5 rings (SSSR count). The first-order valence-electron chi connectivity index (χ1n) is 13.3. The number of hydrogen-bond acceptors (Lipinski definition) is 6. The number of nitriles is 1. The molecule has 2 N–H and O–H groups in total. The van der Waals surface area contributed by atoms with Gasteiger partial charge in [-0.15, -0.1) is 0 Å². The van der Waals surface area contributed by atoms with Crippen LogP contribution in [0, 0.1) is 18.3 Å². The quantitative estimate of drug-likeness (QED) is 0.235. The summed E-state index contributed by atoms with van der Waals surface area (Å²) in [5, 5.41) is 27.3. The second-order valence-corrected chi connectivity index (χ2v) is 9.92. The average molecular weight is 575 g/mol. The van der Waals surface area contributed by atoms with Gasteiger partial charge < -0.3 is 24.6 Å². The van der Waals surface area contributed by atoms with Gasteiger partial charge in [0.2, 0.25) is 0 Å². The van der Waals surface area contributed by atoms with Gasteiger partial charge in [-0.05, 0) is 60.0 Å². The molecule has 0 fully saturated rings. The highest BCUT2D eigenvalue weighted by atomic mass is 16.5. The number of aliphatic carboxylic acids is 2. The normalized spacial score (nSPS) is 13.0. The highest BCUT2D eigenvalue weighted by Crippen LogP contribution is 2.42. The van der Waals surface area contributed by atoms with Crippen LogP contribution in [0.1, 0.15) is 27.8 Å². The van der Waals surface area contributed by atoms with Crippen molar-refractivity contribution in [1.29, 1.82) is 5.26 Å². The minimum absolute atomic E-state index is 0.119. The standard InChI is InChI=1S/C34H26N2O7/c1-21-2-8-24(9-3-21)25-11-13-28-29(34(41)36(30(28)15-25)18-23-6-4-22(17-35)5-7-23)14-26-10-12-27(42-19-32(37)38)16-31(26)43-20-33(39)40/h2-16H,18-20H2,1H3,(H,37,38)(H,39,40)/b29-14+. The van der Waals surface area contributed by atoms with Crippen LogP contribution in [0.25, 0.3) is 22.8 Å². The van der Waals surface area contributed by atoms with E-state index < -0.39 is 25.2 Å². The first-order valence-corrected chi connectivity index (χ1v) is 13.3. The molecule has 1 aliphatic rings. The number of ether oxygens (including phenoxy) is 2.